The molecule has 3 nitrogen and oxygen atoms in total. The Kier molecular flexibility index (Phi) is 1.98. The standard InChI is InChI=1S/C8H8BFO3/c1-12-7-3-6(10)2-5-4-13-9(11)8(5)7/h2-3,11H,4H2,1H3. The first-order chi connectivity index (χ1) is 6.22. The van der Waals surface area contributed by atoms with Crippen molar-refractivity contribution < 1.29 is 18.8 Å². The molecule has 1 aromatic carbocycles. The van der Waals surface area contributed by atoms with Gasteiger partial charge in [0.05, 0.1) is 13.7 Å². The molecule has 2 rings (SSSR count). The third kappa shape index (κ3) is 1.30. The molecule has 0 radical (unpaired) electrons. The van der Waals surface area contributed by atoms with Crippen LogP contribution in [0.1, 0.15) is 5.56 Å². The fourth-order valence-electron chi connectivity index (χ4n) is 1.47. The van der Waals surface area contributed by atoms with Crippen LogP contribution in [0.2, 0.25) is 0 Å². The van der Waals surface area contributed by atoms with E-state index >= 15 is 0 Å². The van der Waals surface area contributed by atoms with Crippen molar-refractivity contribution >= 4 is 12.6 Å². The lowest BCUT2D eigenvalue weighted by Crippen LogP contribution is -2.29. The van der Waals surface area contributed by atoms with Gasteiger partial charge in [0, 0.05) is 11.5 Å². The van der Waals surface area contributed by atoms with Crippen LogP contribution in [-0.2, 0) is 11.3 Å². The normalized spacial score (nSPS) is 14.5. The van der Waals surface area contributed by atoms with E-state index < -0.39 is 7.12 Å². The van der Waals surface area contributed by atoms with Crippen molar-refractivity contribution in [3.05, 3.63) is 23.5 Å². The lowest BCUT2D eigenvalue weighted by atomic mass is 9.79. The Morgan fingerprint density at radius 2 is 2.38 bits per heavy atom. The van der Waals surface area contributed by atoms with E-state index in [0.717, 1.165) is 0 Å². The Hall–Kier alpha value is -1.07. The van der Waals surface area contributed by atoms with Gasteiger partial charge in [-0.25, -0.2) is 4.39 Å². The van der Waals surface area contributed by atoms with Crippen LogP contribution in [-0.4, -0.2) is 19.3 Å². The first-order valence-corrected chi connectivity index (χ1v) is 3.88. The molecule has 0 spiro atoms. The van der Waals surface area contributed by atoms with Gasteiger partial charge in [-0.1, -0.05) is 0 Å². The maximum absolute atomic E-state index is 12.9. The van der Waals surface area contributed by atoms with Crippen LogP contribution in [0.15, 0.2) is 12.1 Å². The molecule has 0 saturated carbocycles. The quantitative estimate of drug-likeness (QED) is 0.623. The number of methoxy groups -OCH3 is 1. The molecule has 0 saturated heterocycles. The van der Waals surface area contributed by atoms with Gasteiger partial charge in [0.1, 0.15) is 11.6 Å². The molecule has 0 amide bonds. The number of hydrogen-bond donors (Lipinski definition) is 1. The smallest absolute Gasteiger partial charge is 0.495 e. The van der Waals surface area contributed by atoms with Crippen LogP contribution in [0.25, 0.3) is 0 Å². The van der Waals surface area contributed by atoms with Gasteiger partial charge in [-0.3, -0.25) is 0 Å². The molecule has 1 aliphatic heterocycles. The van der Waals surface area contributed by atoms with Crippen LogP contribution >= 0.6 is 0 Å². The first-order valence-electron chi connectivity index (χ1n) is 3.88. The van der Waals surface area contributed by atoms with Crippen molar-refractivity contribution in [1.29, 1.82) is 0 Å². The molecule has 0 aliphatic carbocycles. The zero-order chi connectivity index (χ0) is 9.42. The summed E-state index contributed by atoms with van der Waals surface area (Å²) in [5.41, 5.74) is 1.17. The van der Waals surface area contributed by atoms with Crippen molar-refractivity contribution in [3.8, 4) is 5.75 Å². The van der Waals surface area contributed by atoms with Gasteiger partial charge in [-0.2, -0.15) is 0 Å². The number of benzene rings is 1. The average Bonchev–Trinajstić information content (AvgIpc) is 2.46. The Morgan fingerprint density at radius 3 is 3.08 bits per heavy atom. The Morgan fingerprint density at radius 1 is 1.62 bits per heavy atom. The Labute approximate surface area is 75.2 Å². The van der Waals surface area contributed by atoms with E-state index in [9.17, 15) is 9.41 Å². The molecule has 0 unspecified atom stereocenters. The minimum Gasteiger partial charge on any atom is -0.497 e. The minimum atomic E-state index is -0.995. The summed E-state index contributed by atoms with van der Waals surface area (Å²) in [6.45, 7) is 0.227. The van der Waals surface area contributed by atoms with E-state index in [-0.39, 0.29) is 12.4 Å². The molecule has 13 heavy (non-hydrogen) atoms. The average molecular weight is 182 g/mol. The lowest BCUT2D eigenvalue weighted by Gasteiger charge is -2.06. The second kappa shape index (κ2) is 3.01. The highest BCUT2D eigenvalue weighted by molar-refractivity contribution is 6.62. The fraction of sp³-hybridized carbons (Fsp3) is 0.250. The summed E-state index contributed by atoms with van der Waals surface area (Å²) >= 11 is 0. The van der Waals surface area contributed by atoms with Crippen molar-refractivity contribution in [1.82, 2.24) is 0 Å². The zero-order valence-corrected chi connectivity index (χ0v) is 7.08. The summed E-state index contributed by atoms with van der Waals surface area (Å²) in [5.74, 6) is -0.0479. The summed E-state index contributed by atoms with van der Waals surface area (Å²) in [6.07, 6.45) is 0. The molecule has 1 N–H and O–H groups in total. The van der Waals surface area contributed by atoms with E-state index in [1.54, 1.807) is 0 Å². The number of rotatable bonds is 1. The third-order valence-corrected chi connectivity index (χ3v) is 2.06. The number of halogens is 1. The zero-order valence-electron chi connectivity index (χ0n) is 7.08. The summed E-state index contributed by atoms with van der Waals surface area (Å²) in [7, 11) is 0.436. The van der Waals surface area contributed by atoms with E-state index in [1.165, 1.54) is 19.2 Å². The van der Waals surface area contributed by atoms with Crippen molar-refractivity contribution in [3.63, 3.8) is 0 Å². The molecule has 5 heteroatoms. The topological polar surface area (TPSA) is 38.7 Å². The molecule has 68 valence electrons. The molecule has 1 heterocycles. The van der Waals surface area contributed by atoms with Gasteiger partial charge in [-0.15, -0.1) is 0 Å². The first kappa shape index (κ1) is 8.53. The Bertz CT molecular complexity index is 342. The molecular formula is C8H8BFO3. The maximum Gasteiger partial charge on any atom is 0.495 e. The number of hydrogen-bond acceptors (Lipinski definition) is 3. The van der Waals surface area contributed by atoms with Gasteiger partial charge >= 0.3 is 7.12 Å². The molecule has 1 aliphatic rings. The molecule has 0 atom stereocenters. The van der Waals surface area contributed by atoms with Gasteiger partial charge < -0.3 is 14.4 Å². The maximum atomic E-state index is 12.9. The minimum absolute atomic E-state index is 0.227. The van der Waals surface area contributed by atoms with Crippen molar-refractivity contribution in [2.45, 2.75) is 6.61 Å². The van der Waals surface area contributed by atoms with Crippen LogP contribution in [0.5, 0.6) is 5.75 Å². The lowest BCUT2D eigenvalue weighted by molar-refractivity contribution is 0.275. The highest BCUT2D eigenvalue weighted by Gasteiger charge is 2.31. The second-order valence-corrected chi connectivity index (χ2v) is 2.84. The summed E-state index contributed by atoms with van der Waals surface area (Å²) in [6, 6.07) is 2.57. The van der Waals surface area contributed by atoms with Crippen LogP contribution < -0.4 is 10.2 Å². The third-order valence-electron chi connectivity index (χ3n) is 2.06. The predicted octanol–water partition coefficient (Wildman–Crippen LogP) is 0.0520. The largest absolute Gasteiger partial charge is 0.497 e. The van der Waals surface area contributed by atoms with Gasteiger partial charge in [0.25, 0.3) is 0 Å². The molecular weight excluding hydrogens is 174 g/mol. The van der Waals surface area contributed by atoms with Crippen molar-refractivity contribution in [2.24, 2.45) is 0 Å². The number of ether oxygens (including phenoxy) is 1. The van der Waals surface area contributed by atoms with E-state index in [4.69, 9.17) is 9.39 Å². The molecule has 1 aromatic rings. The SMILES string of the molecule is COc1cc(F)cc2c1B(O)OC2. The van der Waals surface area contributed by atoms with Crippen LogP contribution in [0, 0.1) is 5.82 Å². The molecule has 0 aromatic heterocycles. The second-order valence-electron chi connectivity index (χ2n) is 2.84. The summed E-state index contributed by atoms with van der Waals surface area (Å²) in [5, 5.41) is 9.36. The summed E-state index contributed by atoms with van der Waals surface area (Å²) < 4.78 is 22.8. The fourth-order valence-corrected chi connectivity index (χ4v) is 1.47. The van der Waals surface area contributed by atoms with Gasteiger partial charge in [0.15, 0.2) is 0 Å². The van der Waals surface area contributed by atoms with Crippen molar-refractivity contribution in [2.75, 3.05) is 7.11 Å². The van der Waals surface area contributed by atoms with E-state index in [2.05, 4.69) is 0 Å². The molecule has 0 fully saturated rings. The monoisotopic (exact) mass is 182 g/mol. The predicted molar refractivity (Wildman–Crippen MR) is 45.3 cm³/mol. The van der Waals surface area contributed by atoms with E-state index in [0.29, 0.717) is 16.8 Å². The Balaban J connectivity index is 2.57. The van der Waals surface area contributed by atoms with Crippen LogP contribution in [0.4, 0.5) is 4.39 Å². The highest BCUT2D eigenvalue weighted by atomic mass is 19.1. The van der Waals surface area contributed by atoms with Gasteiger partial charge in [0.2, 0.25) is 0 Å². The summed E-state index contributed by atoms with van der Waals surface area (Å²) in [4.78, 5) is 0. The molecule has 0 bridgehead atoms. The van der Waals surface area contributed by atoms with E-state index in [1.807, 2.05) is 0 Å². The van der Waals surface area contributed by atoms with Gasteiger partial charge in [-0.05, 0) is 11.6 Å². The highest BCUT2D eigenvalue weighted by Crippen LogP contribution is 2.19. The number of fused-ring (bicyclic) bond motifs is 1. The van der Waals surface area contributed by atoms with Crippen LogP contribution in [0.3, 0.4) is 0 Å².